The van der Waals surface area contributed by atoms with Crippen LogP contribution in [-0.4, -0.2) is 50.5 Å². The van der Waals surface area contributed by atoms with Crippen LogP contribution in [0.1, 0.15) is 5.56 Å². The number of phenolic OH excluding ortho intramolecular Hbond substituents is 1. The summed E-state index contributed by atoms with van der Waals surface area (Å²) in [6, 6.07) is 10.6. The lowest BCUT2D eigenvalue weighted by molar-refractivity contribution is 0.110. The predicted molar refractivity (Wildman–Crippen MR) is 116 cm³/mol. The van der Waals surface area contributed by atoms with Gasteiger partial charge in [0.05, 0.1) is 29.7 Å². The molecule has 2 aromatic carbocycles. The van der Waals surface area contributed by atoms with Crippen molar-refractivity contribution in [2.24, 2.45) is 0 Å². The number of rotatable bonds is 9. The van der Waals surface area contributed by atoms with Crippen molar-refractivity contribution in [3.8, 4) is 16.9 Å². The first-order valence-electron chi connectivity index (χ1n) is 9.27. The quantitative estimate of drug-likeness (QED) is 0.518. The monoisotopic (exact) mass is 461 g/mol. The van der Waals surface area contributed by atoms with Crippen molar-refractivity contribution in [1.82, 2.24) is 4.90 Å². The van der Waals surface area contributed by atoms with Gasteiger partial charge in [0, 0.05) is 38.3 Å². The van der Waals surface area contributed by atoms with Crippen molar-refractivity contribution in [3.63, 3.8) is 0 Å². The lowest BCUT2D eigenvalue weighted by atomic mass is 10.0. The average Bonchev–Trinajstić information content (AvgIpc) is 2.72. The molecule has 0 fully saturated rings. The fourth-order valence-electron chi connectivity index (χ4n) is 3.16. The molecule has 154 valence electrons. The summed E-state index contributed by atoms with van der Waals surface area (Å²) in [6.07, 6.45) is 1.46. The number of hydrogen-bond acceptors (Lipinski definition) is 6. The van der Waals surface area contributed by atoms with Gasteiger partial charge in [-0.1, -0.05) is 28.1 Å². The molecule has 0 aliphatic carbocycles. The smallest absolute Gasteiger partial charge is 0.200 e. The summed E-state index contributed by atoms with van der Waals surface area (Å²) < 4.78 is 17.2. The number of aromatic hydroxyl groups is 1. The van der Waals surface area contributed by atoms with Crippen molar-refractivity contribution in [2.75, 3.05) is 40.5 Å². The Morgan fingerprint density at radius 1 is 1.03 bits per heavy atom. The highest BCUT2D eigenvalue weighted by Gasteiger charge is 2.17. The zero-order valence-electron chi connectivity index (χ0n) is 16.5. The van der Waals surface area contributed by atoms with Gasteiger partial charge in [-0.25, -0.2) is 0 Å². The number of ether oxygens (including phenoxy) is 2. The first-order valence-corrected chi connectivity index (χ1v) is 10.1. The van der Waals surface area contributed by atoms with Gasteiger partial charge in [0.2, 0.25) is 5.43 Å². The first-order chi connectivity index (χ1) is 14.0. The SMILES string of the molecule is COCCN(CCOC)Cc1c(O)ccc2c(=O)c(-c3ccc(Br)cc3)coc12. The van der Waals surface area contributed by atoms with E-state index in [0.29, 0.717) is 54.9 Å². The first kappa shape index (κ1) is 21.5. The van der Waals surface area contributed by atoms with Crippen LogP contribution >= 0.6 is 15.9 Å². The largest absolute Gasteiger partial charge is 0.507 e. The molecule has 6 nitrogen and oxygen atoms in total. The molecule has 0 amide bonds. The van der Waals surface area contributed by atoms with Crippen LogP contribution in [0.4, 0.5) is 0 Å². The lowest BCUT2D eigenvalue weighted by Crippen LogP contribution is -2.30. The van der Waals surface area contributed by atoms with Gasteiger partial charge in [-0.2, -0.15) is 0 Å². The van der Waals surface area contributed by atoms with Crippen LogP contribution in [-0.2, 0) is 16.0 Å². The van der Waals surface area contributed by atoms with E-state index in [1.165, 1.54) is 6.26 Å². The molecule has 0 saturated heterocycles. The summed E-state index contributed by atoms with van der Waals surface area (Å²) >= 11 is 3.40. The topological polar surface area (TPSA) is 72.1 Å². The molecule has 0 unspecified atom stereocenters. The van der Waals surface area contributed by atoms with Gasteiger partial charge in [0.15, 0.2) is 0 Å². The lowest BCUT2D eigenvalue weighted by Gasteiger charge is -2.22. The molecule has 0 atom stereocenters. The maximum Gasteiger partial charge on any atom is 0.200 e. The molecule has 3 aromatic rings. The van der Waals surface area contributed by atoms with Crippen molar-refractivity contribution < 1.29 is 19.0 Å². The van der Waals surface area contributed by atoms with Crippen molar-refractivity contribution in [2.45, 2.75) is 6.54 Å². The van der Waals surface area contributed by atoms with Gasteiger partial charge < -0.3 is 19.0 Å². The van der Waals surface area contributed by atoms with Gasteiger partial charge in [-0.15, -0.1) is 0 Å². The molecule has 29 heavy (non-hydrogen) atoms. The van der Waals surface area contributed by atoms with Gasteiger partial charge in [0.25, 0.3) is 0 Å². The van der Waals surface area contributed by atoms with E-state index in [4.69, 9.17) is 13.9 Å². The Hall–Kier alpha value is -2.19. The zero-order chi connectivity index (χ0) is 20.8. The van der Waals surface area contributed by atoms with Crippen molar-refractivity contribution in [1.29, 1.82) is 0 Å². The Morgan fingerprint density at radius 3 is 2.31 bits per heavy atom. The normalized spacial score (nSPS) is 11.4. The fourth-order valence-corrected chi connectivity index (χ4v) is 3.43. The third-order valence-electron chi connectivity index (χ3n) is 4.78. The minimum atomic E-state index is -0.129. The van der Waals surface area contributed by atoms with Crippen LogP contribution in [0.3, 0.4) is 0 Å². The summed E-state index contributed by atoms with van der Waals surface area (Å²) in [6.45, 7) is 2.84. The van der Waals surface area contributed by atoms with Gasteiger partial charge in [-0.05, 0) is 29.8 Å². The van der Waals surface area contributed by atoms with Crippen LogP contribution < -0.4 is 5.43 Å². The van der Waals surface area contributed by atoms with Gasteiger partial charge >= 0.3 is 0 Å². The summed E-state index contributed by atoms with van der Waals surface area (Å²) in [5.74, 6) is 0.0943. The Balaban J connectivity index is 2.01. The number of hydrogen-bond donors (Lipinski definition) is 1. The van der Waals surface area contributed by atoms with Gasteiger partial charge in [0.1, 0.15) is 17.6 Å². The van der Waals surface area contributed by atoms with E-state index in [0.717, 1.165) is 10.0 Å². The Labute approximate surface area is 177 Å². The Morgan fingerprint density at radius 2 is 1.69 bits per heavy atom. The maximum absolute atomic E-state index is 13.1. The van der Waals surface area contributed by atoms with Crippen LogP contribution in [0.5, 0.6) is 5.75 Å². The molecule has 1 heterocycles. The molecule has 3 rings (SSSR count). The molecule has 1 N–H and O–H groups in total. The summed E-state index contributed by atoms with van der Waals surface area (Å²) in [5, 5.41) is 10.9. The second-order valence-corrected chi connectivity index (χ2v) is 7.60. The molecular weight excluding hydrogens is 438 g/mol. The number of methoxy groups -OCH3 is 2. The highest BCUT2D eigenvalue weighted by molar-refractivity contribution is 9.10. The number of fused-ring (bicyclic) bond motifs is 1. The summed E-state index contributed by atoms with van der Waals surface area (Å²) in [4.78, 5) is 15.2. The highest BCUT2D eigenvalue weighted by atomic mass is 79.9. The number of phenols is 1. The molecule has 0 radical (unpaired) electrons. The van der Waals surface area contributed by atoms with E-state index in [9.17, 15) is 9.90 Å². The highest BCUT2D eigenvalue weighted by Crippen LogP contribution is 2.29. The van der Waals surface area contributed by atoms with E-state index in [-0.39, 0.29) is 11.2 Å². The molecular formula is C22H24BrNO5. The van der Waals surface area contributed by atoms with Crippen LogP contribution in [0.15, 0.2) is 56.3 Å². The van der Waals surface area contributed by atoms with Crippen LogP contribution in [0.25, 0.3) is 22.1 Å². The zero-order valence-corrected chi connectivity index (χ0v) is 18.1. The van der Waals surface area contributed by atoms with Crippen LogP contribution in [0.2, 0.25) is 0 Å². The molecule has 7 heteroatoms. The third kappa shape index (κ3) is 5.05. The van der Waals surface area contributed by atoms with E-state index in [2.05, 4.69) is 20.8 Å². The van der Waals surface area contributed by atoms with E-state index >= 15 is 0 Å². The van der Waals surface area contributed by atoms with Crippen molar-refractivity contribution >= 4 is 26.9 Å². The fraction of sp³-hybridized carbons (Fsp3) is 0.318. The molecule has 0 spiro atoms. The minimum Gasteiger partial charge on any atom is -0.507 e. The van der Waals surface area contributed by atoms with Gasteiger partial charge in [-0.3, -0.25) is 9.69 Å². The molecule has 0 aliphatic rings. The third-order valence-corrected chi connectivity index (χ3v) is 5.31. The van der Waals surface area contributed by atoms with E-state index < -0.39 is 0 Å². The standard InChI is InChI=1S/C22H24BrNO5/c1-27-11-9-24(10-12-28-2)13-18-20(25)8-7-17-21(26)19(14-29-22(17)18)15-3-5-16(23)6-4-15/h3-8,14,25H,9-13H2,1-2H3. The van der Waals surface area contributed by atoms with E-state index in [1.807, 2.05) is 24.3 Å². The van der Waals surface area contributed by atoms with E-state index in [1.54, 1.807) is 26.4 Å². The van der Waals surface area contributed by atoms with Crippen molar-refractivity contribution in [3.05, 3.63) is 62.9 Å². The molecule has 1 aromatic heterocycles. The average molecular weight is 462 g/mol. The van der Waals surface area contributed by atoms with Crippen LogP contribution in [0, 0.1) is 0 Å². The predicted octanol–water partition coefficient (Wildman–Crippen LogP) is 4.02. The Bertz CT molecular complexity index is 1010. The summed E-state index contributed by atoms with van der Waals surface area (Å²) in [5.41, 5.74) is 2.11. The number of nitrogens with zero attached hydrogens (tertiary/aromatic N) is 1. The molecule has 0 aliphatic heterocycles. The second kappa shape index (κ2) is 10.0. The second-order valence-electron chi connectivity index (χ2n) is 6.69. The number of halogens is 1. The molecule has 0 bridgehead atoms. The number of benzene rings is 2. The maximum atomic E-state index is 13.1. The minimum absolute atomic E-state index is 0.0943. The Kier molecular flexibility index (Phi) is 7.44. The molecule has 0 saturated carbocycles. The summed E-state index contributed by atoms with van der Waals surface area (Å²) in [7, 11) is 3.29.